The minimum atomic E-state index is -4.64. The van der Waals surface area contributed by atoms with Crippen LogP contribution < -0.4 is 0 Å². The molecule has 1 aliphatic rings. The topological polar surface area (TPSA) is 96.2 Å². The summed E-state index contributed by atoms with van der Waals surface area (Å²) >= 11 is 0. The molecule has 1 aliphatic heterocycles. The molecule has 3 N–H and O–H groups in total. The van der Waals surface area contributed by atoms with E-state index in [4.69, 9.17) is 28.7 Å². The van der Waals surface area contributed by atoms with Crippen molar-refractivity contribution in [3.05, 3.63) is 0 Å². The van der Waals surface area contributed by atoms with Gasteiger partial charge in [-0.3, -0.25) is 0 Å². The Morgan fingerprint density at radius 2 is 1.40 bits per heavy atom. The monoisotopic (exact) mass is 172 g/mol. The van der Waals surface area contributed by atoms with Crippen LogP contribution in [0, 0.1) is 0 Å². The lowest BCUT2D eigenvalue weighted by Gasteiger charge is -1.82. The quantitative estimate of drug-likeness (QED) is 0.408. The summed E-state index contributed by atoms with van der Waals surface area (Å²) < 4.78 is 18.3. The molecular formula is C3H9O6P. The Morgan fingerprint density at radius 1 is 1.10 bits per heavy atom. The predicted octanol–water partition coefficient (Wildman–Crippen LogP) is -0.938. The molecule has 1 heterocycles. The molecule has 7 heteroatoms. The summed E-state index contributed by atoms with van der Waals surface area (Å²) in [6.45, 7) is 2.06. The second-order valence-electron chi connectivity index (χ2n) is 1.45. The molecule has 0 unspecified atom stereocenters. The van der Waals surface area contributed by atoms with Crippen LogP contribution in [0.15, 0.2) is 0 Å². The van der Waals surface area contributed by atoms with E-state index in [1.165, 1.54) is 0 Å². The Morgan fingerprint density at radius 3 is 1.50 bits per heavy atom. The van der Waals surface area contributed by atoms with Gasteiger partial charge in [-0.2, -0.15) is 0 Å². The number of ether oxygens (including phenoxy) is 2. The Kier molecular flexibility index (Phi) is 4.80. The van der Waals surface area contributed by atoms with Gasteiger partial charge in [0.25, 0.3) is 0 Å². The van der Waals surface area contributed by atoms with E-state index in [0.29, 0.717) is 6.79 Å². The van der Waals surface area contributed by atoms with Gasteiger partial charge < -0.3 is 24.2 Å². The number of rotatable bonds is 0. The van der Waals surface area contributed by atoms with Crippen molar-refractivity contribution in [2.24, 2.45) is 0 Å². The third-order valence-electron chi connectivity index (χ3n) is 0.539. The second kappa shape index (κ2) is 4.79. The van der Waals surface area contributed by atoms with Crippen LogP contribution in [0.3, 0.4) is 0 Å². The molecule has 0 saturated carbocycles. The molecule has 1 fully saturated rings. The minimum absolute atomic E-state index is 0.500. The highest BCUT2D eigenvalue weighted by atomic mass is 31.2. The van der Waals surface area contributed by atoms with E-state index >= 15 is 0 Å². The van der Waals surface area contributed by atoms with Crippen molar-refractivity contribution in [3.63, 3.8) is 0 Å². The minimum Gasteiger partial charge on any atom is -0.353 e. The van der Waals surface area contributed by atoms with Gasteiger partial charge in [0, 0.05) is 0 Å². The van der Waals surface area contributed by atoms with Crippen molar-refractivity contribution < 1.29 is 28.7 Å². The summed E-state index contributed by atoms with van der Waals surface area (Å²) in [7, 11) is -4.64. The maximum Gasteiger partial charge on any atom is 0.466 e. The zero-order valence-electron chi connectivity index (χ0n) is 5.13. The first-order chi connectivity index (χ1) is 4.50. The molecule has 0 aromatic carbocycles. The lowest BCUT2D eigenvalue weighted by atomic mass is 10.8. The molecule has 0 aromatic heterocycles. The van der Waals surface area contributed by atoms with E-state index in [1.807, 2.05) is 0 Å². The molecule has 62 valence electrons. The molecule has 0 aliphatic carbocycles. The lowest BCUT2D eigenvalue weighted by Crippen LogP contribution is -1.79. The van der Waals surface area contributed by atoms with Crippen LogP contribution in [-0.4, -0.2) is 34.7 Å². The first-order valence-electron chi connectivity index (χ1n) is 2.44. The van der Waals surface area contributed by atoms with Crippen molar-refractivity contribution >= 4 is 7.82 Å². The fourth-order valence-electron chi connectivity index (χ4n) is 0.295. The van der Waals surface area contributed by atoms with Gasteiger partial charge in [0.1, 0.15) is 6.79 Å². The smallest absolute Gasteiger partial charge is 0.353 e. The average molecular weight is 172 g/mol. The van der Waals surface area contributed by atoms with Crippen LogP contribution >= 0.6 is 7.82 Å². The number of hydrogen-bond donors (Lipinski definition) is 3. The average Bonchev–Trinajstić information content (AvgIpc) is 2.07. The first-order valence-corrected chi connectivity index (χ1v) is 4.00. The van der Waals surface area contributed by atoms with Gasteiger partial charge in [-0.15, -0.1) is 0 Å². The van der Waals surface area contributed by atoms with Gasteiger partial charge in [0.05, 0.1) is 13.2 Å². The summed E-state index contributed by atoms with van der Waals surface area (Å²) in [6, 6.07) is 0. The first kappa shape index (κ1) is 10.0. The van der Waals surface area contributed by atoms with Crippen LogP contribution in [0.4, 0.5) is 0 Å². The van der Waals surface area contributed by atoms with Crippen molar-refractivity contribution in [1.82, 2.24) is 0 Å². The van der Waals surface area contributed by atoms with E-state index in [0.717, 1.165) is 13.2 Å². The molecule has 0 atom stereocenters. The molecule has 6 nitrogen and oxygen atoms in total. The van der Waals surface area contributed by atoms with Crippen molar-refractivity contribution in [3.8, 4) is 0 Å². The van der Waals surface area contributed by atoms with Gasteiger partial charge in [0.2, 0.25) is 0 Å². The van der Waals surface area contributed by atoms with Crippen LogP contribution in [0.25, 0.3) is 0 Å². The van der Waals surface area contributed by atoms with Gasteiger partial charge >= 0.3 is 7.82 Å². The number of phosphoric acid groups is 1. The third kappa shape index (κ3) is 15.7. The summed E-state index contributed by atoms with van der Waals surface area (Å²) in [5.41, 5.74) is 0. The molecule has 0 radical (unpaired) electrons. The maximum absolute atomic E-state index is 8.88. The largest absolute Gasteiger partial charge is 0.466 e. The highest BCUT2D eigenvalue weighted by Gasteiger charge is 2.00. The third-order valence-corrected chi connectivity index (χ3v) is 0.539. The van der Waals surface area contributed by atoms with E-state index in [-0.39, 0.29) is 0 Å². The van der Waals surface area contributed by atoms with Crippen molar-refractivity contribution in [1.29, 1.82) is 0 Å². The highest BCUT2D eigenvalue weighted by molar-refractivity contribution is 7.45. The predicted molar refractivity (Wildman–Crippen MR) is 31.0 cm³/mol. The standard InChI is InChI=1S/C3H6O2.H3O4P/c1-2-5-3-4-1;1-5(2,3)4/h1-3H2;(H3,1,2,3,4). The van der Waals surface area contributed by atoms with Gasteiger partial charge in [-0.05, 0) is 0 Å². The van der Waals surface area contributed by atoms with Crippen LogP contribution in [0.5, 0.6) is 0 Å². The Balaban J connectivity index is 0.000000162. The normalized spacial score (nSPS) is 17.9. The Labute approximate surface area is 57.6 Å². The molecule has 0 aromatic rings. The van der Waals surface area contributed by atoms with Crippen molar-refractivity contribution in [2.75, 3.05) is 20.0 Å². The van der Waals surface area contributed by atoms with E-state index < -0.39 is 7.82 Å². The van der Waals surface area contributed by atoms with E-state index in [2.05, 4.69) is 0 Å². The van der Waals surface area contributed by atoms with Crippen molar-refractivity contribution in [2.45, 2.75) is 0 Å². The molecule has 0 amide bonds. The molecule has 1 saturated heterocycles. The second-order valence-corrected chi connectivity index (χ2v) is 2.47. The zero-order valence-corrected chi connectivity index (χ0v) is 6.03. The molecule has 0 spiro atoms. The van der Waals surface area contributed by atoms with Gasteiger partial charge in [0.15, 0.2) is 0 Å². The number of hydrogen-bond acceptors (Lipinski definition) is 3. The zero-order chi connectivity index (χ0) is 8.04. The van der Waals surface area contributed by atoms with Crippen LogP contribution in [-0.2, 0) is 14.0 Å². The summed E-state index contributed by atoms with van der Waals surface area (Å²) in [5, 5.41) is 0. The van der Waals surface area contributed by atoms with Gasteiger partial charge in [-0.25, -0.2) is 4.57 Å². The summed E-state index contributed by atoms with van der Waals surface area (Å²) in [4.78, 5) is 21.6. The summed E-state index contributed by atoms with van der Waals surface area (Å²) in [5.74, 6) is 0. The molecular weight excluding hydrogens is 163 g/mol. The highest BCUT2D eigenvalue weighted by Crippen LogP contribution is 2.25. The Hall–Kier alpha value is 0.0300. The van der Waals surface area contributed by atoms with E-state index in [9.17, 15) is 0 Å². The van der Waals surface area contributed by atoms with Crippen LogP contribution in [0.1, 0.15) is 0 Å². The summed E-state index contributed by atoms with van der Waals surface area (Å²) in [6.07, 6.45) is 0. The lowest BCUT2D eigenvalue weighted by molar-refractivity contribution is 0.0692. The molecule has 1 rings (SSSR count). The van der Waals surface area contributed by atoms with Crippen LogP contribution in [0.2, 0.25) is 0 Å². The molecule has 10 heavy (non-hydrogen) atoms. The van der Waals surface area contributed by atoms with E-state index in [1.54, 1.807) is 0 Å². The van der Waals surface area contributed by atoms with Gasteiger partial charge in [-0.1, -0.05) is 0 Å². The molecule has 0 bridgehead atoms. The fraction of sp³-hybridized carbons (Fsp3) is 1.00. The Bertz CT molecular complexity index is 98.3. The maximum atomic E-state index is 8.88. The fourth-order valence-corrected chi connectivity index (χ4v) is 0.295. The SMILES string of the molecule is C1COCO1.O=P(O)(O)O.